The van der Waals surface area contributed by atoms with Crippen LogP contribution in [-0.4, -0.2) is 37.6 Å². The van der Waals surface area contributed by atoms with Crippen LogP contribution in [-0.2, 0) is 19.9 Å². The van der Waals surface area contributed by atoms with Gasteiger partial charge < -0.3 is 4.90 Å². The molecule has 0 saturated carbocycles. The first kappa shape index (κ1) is 14.7. The predicted molar refractivity (Wildman–Crippen MR) is 82.4 cm³/mol. The van der Waals surface area contributed by atoms with Crippen molar-refractivity contribution in [1.82, 2.24) is 24.6 Å². The van der Waals surface area contributed by atoms with Gasteiger partial charge in [-0.1, -0.05) is 0 Å². The Morgan fingerprint density at radius 2 is 2.14 bits per heavy atom. The third-order valence-electron chi connectivity index (χ3n) is 4.46. The van der Waals surface area contributed by atoms with Gasteiger partial charge in [0.25, 0.3) is 5.91 Å². The zero-order valence-corrected chi connectivity index (χ0v) is 13.3. The maximum atomic E-state index is 12.9. The van der Waals surface area contributed by atoms with Gasteiger partial charge in [-0.15, -0.1) is 0 Å². The van der Waals surface area contributed by atoms with Crippen LogP contribution in [0, 0.1) is 0 Å². The largest absolute Gasteiger partial charge is 0.332 e. The van der Waals surface area contributed by atoms with Gasteiger partial charge >= 0.3 is 0 Å². The van der Waals surface area contributed by atoms with Crippen molar-refractivity contribution in [2.24, 2.45) is 7.05 Å². The molecule has 0 saturated heterocycles. The van der Waals surface area contributed by atoms with Crippen LogP contribution >= 0.6 is 0 Å². The molecule has 0 spiro atoms. The Balaban J connectivity index is 1.89. The summed E-state index contributed by atoms with van der Waals surface area (Å²) in [6.45, 7) is 1.98. The number of carbonyl (C=O) groups excluding carboxylic acids is 1. The number of hydrogen-bond donors (Lipinski definition) is 0. The molecule has 0 radical (unpaired) electrons. The van der Waals surface area contributed by atoms with Crippen molar-refractivity contribution in [2.75, 3.05) is 7.05 Å². The van der Waals surface area contributed by atoms with Crippen molar-refractivity contribution in [3.05, 3.63) is 41.2 Å². The maximum Gasteiger partial charge on any atom is 0.272 e. The van der Waals surface area contributed by atoms with Crippen LogP contribution < -0.4 is 0 Å². The molecule has 6 heteroatoms. The summed E-state index contributed by atoms with van der Waals surface area (Å²) in [4.78, 5) is 22.8. The van der Waals surface area contributed by atoms with E-state index in [2.05, 4.69) is 15.1 Å². The Morgan fingerprint density at radius 1 is 1.36 bits per heavy atom. The van der Waals surface area contributed by atoms with Crippen LogP contribution in [0.5, 0.6) is 0 Å². The van der Waals surface area contributed by atoms with E-state index in [0.717, 1.165) is 48.3 Å². The number of amides is 1. The lowest BCUT2D eigenvalue weighted by Crippen LogP contribution is -2.32. The minimum atomic E-state index is -0.107. The van der Waals surface area contributed by atoms with Crippen LogP contribution in [0.15, 0.2) is 18.6 Å². The summed E-state index contributed by atoms with van der Waals surface area (Å²) in [7, 11) is 3.67. The Bertz CT molecular complexity index is 679. The van der Waals surface area contributed by atoms with E-state index in [0.29, 0.717) is 0 Å². The van der Waals surface area contributed by atoms with Crippen molar-refractivity contribution in [1.29, 1.82) is 0 Å². The zero-order valence-electron chi connectivity index (χ0n) is 13.3. The molecule has 2 aromatic heterocycles. The highest BCUT2D eigenvalue weighted by atomic mass is 16.2. The molecule has 2 aromatic rings. The number of aromatic nitrogens is 4. The monoisotopic (exact) mass is 299 g/mol. The fourth-order valence-electron chi connectivity index (χ4n) is 3.04. The molecule has 1 aliphatic carbocycles. The van der Waals surface area contributed by atoms with Crippen molar-refractivity contribution in [3.63, 3.8) is 0 Å². The normalized spacial score (nSPS) is 15.2. The number of fused-ring (bicyclic) bond motifs is 1. The van der Waals surface area contributed by atoms with Gasteiger partial charge in [-0.05, 0) is 38.7 Å². The summed E-state index contributed by atoms with van der Waals surface area (Å²) in [5, 5.41) is 4.53. The highest BCUT2D eigenvalue weighted by Gasteiger charge is 2.28. The maximum absolute atomic E-state index is 12.9. The summed E-state index contributed by atoms with van der Waals surface area (Å²) in [5.41, 5.74) is 3.76. The lowest BCUT2D eigenvalue weighted by atomic mass is 9.95. The van der Waals surface area contributed by atoms with E-state index in [1.165, 1.54) is 6.33 Å². The summed E-state index contributed by atoms with van der Waals surface area (Å²) in [5.74, 6) is 0.00395. The van der Waals surface area contributed by atoms with Crippen LogP contribution in [0.4, 0.5) is 0 Å². The minimum absolute atomic E-state index is 0.00395. The fraction of sp³-hybridized carbons (Fsp3) is 0.500. The molecule has 1 atom stereocenters. The molecular formula is C16H21N5O. The third-order valence-corrected chi connectivity index (χ3v) is 4.46. The minimum Gasteiger partial charge on any atom is -0.332 e. The van der Waals surface area contributed by atoms with Crippen LogP contribution in [0.2, 0.25) is 0 Å². The number of aryl methyl sites for hydroxylation is 2. The van der Waals surface area contributed by atoms with Gasteiger partial charge in [0.1, 0.15) is 12.0 Å². The molecule has 1 amide bonds. The lowest BCUT2D eigenvalue weighted by molar-refractivity contribution is 0.0727. The number of hydrogen-bond acceptors (Lipinski definition) is 4. The summed E-state index contributed by atoms with van der Waals surface area (Å²) >= 11 is 0. The van der Waals surface area contributed by atoms with Crippen LogP contribution in [0.25, 0.3) is 0 Å². The lowest BCUT2D eigenvalue weighted by Gasteiger charge is -2.25. The van der Waals surface area contributed by atoms with E-state index in [9.17, 15) is 4.79 Å². The smallest absolute Gasteiger partial charge is 0.272 e. The van der Waals surface area contributed by atoms with Gasteiger partial charge in [-0.2, -0.15) is 5.10 Å². The van der Waals surface area contributed by atoms with E-state index in [1.807, 2.05) is 27.1 Å². The molecule has 0 aromatic carbocycles. The first-order valence-electron chi connectivity index (χ1n) is 7.67. The Kier molecular flexibility index (Phi) is 3.92. The Labute approximate surface area is 130 Å². The van der Waals surface area contributed by atoms with Gasteiger partial charge in [-0.3, -0.25) is 9.48 Å². The van der Waals surface area contributed by atoms with E-state index >= 15 is 0 Å². The molecule has 2 heterocycles. The van der Waals surface area contributed by atoms with E-state index in [4.69, 9.17) is 0 Å². The Morgan fingerprint density at radius 3 is 2.86 bits per heavy atom. The molecule has 0 bridgehead atoms. The second kappa shape index (κ2) is 5.87. The topological polar surface area (TPSA) is 63.9 Å². The molecule has 0 aliphatic heterocycles. The van der Waals surface area contributed by atoms with E-state index in [-0.39, 0.29) is 11.9 Å². The molecule has 22 heavy (non-hydrogen) atoms. The molecule has 0 unspecified atom stereocenters. The number of carbonyl (C=O) groups is 1. The predicted octanol–water partition coefficient (Wildman–Crippen LogP) is 1.92. The highest BCUT2D eigenvalue weighted by molar-refractivity contribution is 5.94. The number of rotatable bonds is 3. The van der Waals surface area contributed by atoms with Crippen LogP contribution in [0.3, 0.4) is 0 Å². The van der Waals surface area contributed by atoms with Crippen molar-refractivity contribution < 1.29 is 4.79 Å². The van der Waals surface area contributed by atoms with Gasteiger partial charge in [-0.25, -0.2) is 9.97 Å². The molecule has 6 nitrogen and oxygen atoms in total. The standard InChI is InChI=1S/C16H21N5O/c1-11(13-8-9-17-10-18-13)20(2)16(22)15-12-6-4-5-7-14(12)19-21(15)3/h8-11H,4-7H2,1-3H3/t11-/m1/s1. The molecule has 0 fully saturated rings. The quantitative estimate of drug-likeness (QED) is 0.868. The second-order valence-electron chi connectivity index (χ2n) is 5.83. The zero-order chi connectivity index (χ0) is 15.7. The molecule has 0 N–H and O–H groups in total. The van der Waals surface area contributed by atoms with E-state index in [1.54, 1.807) is 15.8 Å². The van der Waals surface area contributed by atoms with Crippen molar-refractivity contribution in [3.8, 4) is 0 Å². The summed E-state index contributed by atoms with van der Waals surface area (Å²) in [6, 6.07) is 1.73. The third kappa shape index (κ3) is 2.49. The average molecular weight is 299 g/mol. The van der Waals surface area contributed by atoms with Gasteiger partial charge in [0, 0.05) is 25.9 Å². The van der Waals surface area contributed by atoms with Crippen molar-refractivity contribution in [2.45, 2.75) is 38.6 Å². The fourth-order valence-corrected chi connectivity index (χ4v) is 3.04. The second-order valence-corrected chi connectivity index (χ2v) is 5.83. The first-order chi connectivity index (χ1) is 10.6. The molecular weight excluding hydrogens is 278 g/mol. The first-order valence-corrected chi connectivity index (χ1v) is 7.67. The van der Waals surface area contributed by atoms with Gasteiger partial charge in [0.2, 0.25) is 0 Å². The van der Waals surface area contributed by atoms with Crippen molar-refractivity contribution >= 4 is 5.91 Å². The SMILES string of the molecule is C[C@H](c1ccncn1)N(C)C(=O)c1c2c(nn1C)CCCC2. The molecule has 1 aliphatic rings. The van der Waals surface area contributed by atoms with Gasteiger partial charge in [0.05, 0.1) is 17.4 Å². The molecule has 116 valence electrons. The Hall–Kier alpha value is -2.24. The number of nitrogens with zero attached hydrogens (tertiary/aromatic N) is 5. The van der Waals surface area contributed by atoms with E-state index < -0.39 is 0 Å². The summed E-state index contributed by atoms with van der Waals surface area (Å²) < 4.78 is 1.74. The molecule has 3 rings (SSSR count). The highest BCUT2D eigenvalue weighted by Crippen LogP contribution is 2.26. The van der Waals surface area contributed by atoms with Crippen LogP contribution in [0.1, 0.15) is 53.2 Å². The average Bonchev–Trinajstić information content (AvgIpc) is 2.89. The van der Waals surface area contributed by atoms with Gasteiger partial charge in [0.15, 0.2) is 0 Å². The summed E-state index contributed by atoms with van der Waals surface area (Å²) in [6.07, 6.45) is 7.41.